The zero-order chi connectivity index (χ0) is 17.9. The average Bonchev–Trinajstić information content (AvgIpc) is 2.56. The number of nitrogens with one attached hydrogen (secondary N) is 1. The normalized spacial score (nSPS) is 18.7. The zero-order valence-electron chi connectivity index (χ0n) is 15.0. The van der Waals surface area contributed by atoms with Crippen LogP contribution in [0.4, 0.5) is 5.82 Å². The molecule has 0 radical (unpaired) electrons. The molecule has 1 atom stereocenters. The number of aromatic nitrogens is 2. The number of anilines is 1. The number of aryl methyl sites for hydroxylation is 1. The van der Waals surface area contributed by atoms with Crippen LogP contribution in [-0.2, 0) is 4.74 Å². The molecule has 134 valence electrons. The Hall–Kier alpha value is -1.69. The number of hydrogen-bond donors (Lipinski definition) is 1. The predicted molar refractivity (Wildman–Crippen MR) is 101 cm³/mol. The van der Waals surface area contributed by atoms with Gasteiger partial charge < -0.3 is 10.1 Å². The van der Waals surface area contributed by atoms with Crippen molar-refractivity contribution in [2.75, 3.05) is 31.6 Å². The predicted octanol–water partition coefficient (Wildman–Crippen LogP) is 3.70. The van der Waals surface area contributed by atoms with Crippen molar-refractivity contribution in [2.45, 2.75) is 32.4 Å². The number of morpholine rings is 1. The summed E-state index contributed by atoms with van der Waals surface area (Å²) in [6.45, 7) is 9.48. The largest absolute Gasteiger partial charge is 0.373 e. The van der Waals surface area contributed by atoms with Gasteiger partial charge in [0.15, 0.2) is 0 Å². The molecular weight excluding hydrogens is 336 g/mol. The first-order valence-corrected chi connectivity index (χ1v) is 8.97. The van der Waals surface area contributed by atoms with Gasteiger partial charge >= 0.3 is 0 Å². The Morgan fingerprint density at radius 3 is 2.72 bits per heavy atom. The average molecular weight is 361 g/mol. The first kappa shape index (κ1) is 18.1. The minimum Gasteiger partial charge on any atom is -0.373 e. The van der Waals surface area contributed by atoms with Crippen molar-refractivity contribution < 1.29 is 4.74 Å². The minimum atomic E-state index is -0.147. The van der Waals surface area contributed by atoms with Crippen LogP contribution in [-0.4, -0.2) is 46.7 Å². The van der Waals surface area contributed by atoms with Gasteiger partial charge in [0.05, 0.1) is 30.1 Å². The second kappa shape index (κ2) is 7.68. The third-order valence-corrected chi connectivity index (χ3v) is 4.63. The smallest absolute Gasteiger partial charge is 0.144 e. The molecule has 1 fully saturated rings. The summed E-state index contributed by atoms with van der Waals surface area (Å²) in [7, 11) is 0. The van der Waals surface area contributed by atoms with Crippen LogP contribution < -0.4 is 5.32 Å². The molecule has 0 amide bonds. The van der Waals surface area contributed by atoms with E-state index in [2.05, 4.69) is 46.2 Å². The fraction of sp³-hybridized carbons (Fsp3) is 0.474. The lowest BCUT2D eigenvalue weighted by molar-refractivity contribution is -0.0963. The van der Waals surface area contributed by atoms with Gasteiger partial charge in [0.25, 0.3) is 0 Å². The highest BCUT2D eigenvalue weighted by atomic mass is 35.5. The summed E-state index contributed by atoms with van der Waals surface area (Å²) in [6, 6.07) is 8.30. The highest BCUT2D eigenvalue weighted by Gasteiger charge is 2.32. The monoisotopic (exact) mass is 360 g/mol. The topological polar surface area (TPSA) is 50.3 Å². The van der Waals surface area contributed by atoms with E-state index >= 15 is 0 Å². The van der Waals surface area contributed by atoms with Crippen LogP contribution in [0.25, 0.3) is 0 Å². The minimum absolute atomic E-state index is 0.147. The van der Waals surface area contributed by atoms with Crippen LogP contribution >= 0.6 is 11.6 Å². The molecule has 0 saturated carbocycles. The van der Waals surface area contributed by atoms with Gasteiger partial charge in [0, 0.05) is 30.9 Å². The van der Waals surface area contributed by atoms with Crippen molar-refractivity contribution in [1.29, 1.82) is 0 Å². The lowest BCUT2D eigenvalue weighted by Gasteiger charge is -2.42. The summed E-state index contributed by atoms with van der Waals surface area (Å²) < 4.78 is 5.87. The lowest BCUT2D eigenvalue weighted by atomic mass is 10.0. The molecular formula is C19H25ClN4O. The van der Waals surface area contributed by atoms with E-state index in [9.17, 15) is 0 Å². The molecule has 2 aromatic rings. The molecule has 2 heterocycles. The maximum absolute atomic E-state index is 6.07. The number of benzene rings is 1. The van der Waals surface area contributed by atoms with Crippen molar-refractivity contribution in [3.63, 3.8) is 0 Å². The summed E-state index contributed by atoms with van der Waals surface area (Å²) in [4.78, 5) is 11.2. The summed E-state index contributed by atoms with van der Waals surface area (Å²) >= 11 is 6.07. The van der Waals surface area contributed by atoms with Crippen molar-refractivity contribution in [3.05, 3.63) is 52.9 Å². The van der Waals surface area contributed by atoms with Crippen LogP contribution in [0.3, 0.4) is 0 Å². The number of hydrogen-bond acceptors (Lipinski definition) is 5. The zero-order valence-corrected chi connectivity index (χ0v) is 15.8. The van der Waals surface area contributed by atoms with E-state index in [1.807, 2.05) is 19.1 Å². The molecule has 0 bridgehead atoms. The second-order valence-corrected chi connectivity index (χ2v) is 7.51. The van der Waals surface area contributed by atoms with Gasteiger partial charge in [-0.2, -0.15) is 0 Å². The Balaban J connectivity index is 1.80. The highest BCUT2D eigenvalue weighted by molar-refractivity contribution is 6.30. The summed E-state index contributed by atoms with van der Waals surface area (Å²) in [5.74, 6) is 0.798. The van der Waals surface area contributed by atoms with Gasteiger partial charge in [-0.25, -0.2) is 4.98 Å². The molecule has 1 aromatic heterocycles. The lowest BCUT2D eigenvalue weighted by Crippen LogP contribution is -2.50. The Labute approximate surface area is 154 Å². The van der Waals surface area contributed by atoms with Crippen LogP contribution in [0.5, 0.6) is 0 Å². The fourth-order valence-corrected chi connectivity index (χ4v) is 3.34. The molecule has 1 aliphatic heterocycles. The van der Waals surface area contributed by atoms with Gasteiger partial charge in [0.1, 0.15) is 5.82 Å². The summed E-state index contributed by atoms with van der Waals surface area (Å²) in [5.41, 5.74) is 1.99. The fourth-order valence-electron chi connectivity index (χ4n) is 3.21. The SMILES string of the molecule is Cc1cncc(NCC(c2ccc(Cl)cc2)N2CCOC(C)(C)C2)n1. The van der Waals surface area contributed by atoms with Gasteiger partial charge in [0.2, 0.25) is 0 Å². The highest BCUT2D eigenvalue weighted by Crippen LogP contribution is 2.28. The molecule has 0 aliphatic carbocycles. The van der Waals surface area contributed by atoms with Crippen LogP contribution in [0, 0.1) is 6.92 Å². The first-order chi connectivity index (χ1) is 11.9. The van der Waals surface area contributed by atoms with E-state index in [0.717, 1.165) is 42.8 Å². The molecule has 1 unspecified atom stereocenters. The van der Waals surface area contributed by atoms with Gasteiger partial charge in [-0.05, 0) is 38.5 Å². The molecule has 3 rings (SSSR count). The Morgan fingerprint density at radius 1 is 1.28 bits per heavy atom. The molecule has 0 spiro atoms. The van der Waals surface area contributed by atoms with Crippen LogP contribution in [0.2, 0.25) is 5.02 Å². The van der Waals surface area contributed by atoms with Gasteiger partial charge in [-0.3, -0.25) is 9.88 Å². The molecule has 1 saturated heterocycles. The Bertz CT molecular complexity index is 705. The summed E-state index contributed by atoms with van der Waals surface area (Å²) in [6.07, 6.45) is 3.52. The summed E-state index contributed by atoms with van der Waals surface area (Å²) in [5, 5.41) is 4.19. The number of halogens is 1. The molecule has 1 aromatic carbocycles. The van der Waals surface area contributed by atoms with Crippen LogP contribution in [0.1, 0.15) is 31.1 Å². The van der Waals surface area contributed by atoms with Crippen molar-refractivity contribution >= 4 is 17.4 Å². The molecule has 6 heteroatoms. The van der Waals surface area contributed by atoms with E-state index in [1.54, 1.807) is 12.4 Å². The first-order valence-electron chi connectivity index (χ1n) is 8.59. The van der Waals surface area contributed by atoms with Crippen LogP contribution in [0.15, 0.2) is 36.7 Å². The third-order valence-electron chi connectivity index (χ3n) is 4.38. The van der Waals surface area contributed by atoms with E-state index in [4.69, 9.17) is 16.3 Å². The van der Waals surface area contributed by atoms with E-state index in [-0.39, 0.29) is 11.6 Å². The standard InChI is InChI=1S/C19H25ClN4O/c1-14-10-21-12-18(23-14)22-11-17(15-4-6-16(20)7-5-15)24-8-9-25-19(2,3)13-24/h4-7,10,12,17H,8-9,11,13H2,1-3H3,(H,22,23). The molecule has 1 aliphatic rings. The third kappa shape index (κ3) is 4.91. The Kier molecular flexibility index (Phi) is 5.57. The van der Waals surface area contributed by atoms with E-state index < -0.39 is 0 Å². The number of ether oxygens (including phenoxy) is 1. The maximum Gasteiger partial charge on any atom is 0.144 e. The van der Waals surface area contributed by atoms with Crippen molar-refractivity contribution in [2.24, 2.45) is 0 Å². The Morgan fingerprint density at radius 2 is 2.04 bits per heavy atom. The van der Waals surface area contributed by atoms with E-state index in [0.29, 0.717) is 0 Å². The van der Waals surface area contributed by atoms with Gasteiger partial charge in [-0.15, -0.1) is 0 Å². The quantitative estimate of drug-likeness (QED) is 0.881. The van der Waals surface area contributed by atoms with E-state index in [1.165, 1.54) is 5.56 Å². The molecule has 5 nitrogen and oxygen atoms in total. The molecule has 1 N–H and O–H groups in total. The number of rotatable bonds is 5. The second-order valence-electron chi connectivity index (χ2n) is 7.07. The van der Waals surface area contributed by atoms with Crippen molar-refractivity contribution in [1.82, 2.24) is 14.9 Å². The maximum atomic E-state index is 6.07. The number of nitrogens with zero attached hydrogens (tertiary/aromatic N) is 3. The van der Waals surface area contributed by atoms with Gasteiger partial charge in [-0.1, -0.05) is 23.7 Å². The molecule has 25 heavy (non-hydrogen) atoms. The van der Waals surface area contributed by atoms with Crippen molar-refractivity contribution in [3.8, 4) is 0 Å².